The molecule has 0 atom stereocenters. The quantitative estimate of drug-likeness (QED) is 0.868. The number of fused-ring (bicyclic) bond motifs is 2. The molecule has 0 aliphatic carbocycles. The molecule has 2 aromatic rings. The van der Waals surface area contributed by atoms with Gasteiger partial charge in [-0.25, -0.2) is 13.1 Å². The first-order chi connectivity index (χ1) is 11.6. The Hall–Kier alpha value is -1.77. The van der Waals surface area contributed by atoms with Crippen molar-refractivity contribution in [1.82, 2.24) is 19.5 Å². The third-order valence-electron chi connectivity index (χ3n) is 4.54. The van der Waals surface area contributed by atoms with E-state index in [-0.39, 0.29) is 12.3 Å². The number of ether oxygens (including phenoxy) is 1. The van der Waals surface area contributed by atoms with Crippen molar-refractivity contribution >= 4 is 10.0 Å². The van der Waals surface area contributed by atoms with Crippen molar-refractivity contribution in [3.8, 4) is 0 Å². The molecule has 1 aromatic heterocycles. The lowest BCUT2D eigenvalue weighted by Gasteiger charge is -2.17. The van der Waals surface area contributed by atoms with E-state index in [9.17, 15) is 8.42 Å². The molecule has 2 aliphatic heterocycles. The van der Waals surface area contributed by atoms with Crippen LogP contribution in [0.2, 0.25) is 0 Å². The predicted octanol–water partition coefficient (Wildman–Crippen LogP) is 0.917. The van der Waals surface area contributed by atoms with E-state index in [1.807, 2.05) is 22.8 Å². The summed E-state index contributed by atoms with van der Waals surface area (Å²) >= 11 is 0. The molecule has 1 aromatic carbocycles. The fourth-order valence-electron chi connectivity index (χ4n) is 3.30. The largest absolute Gasteiger partial charge is 0.376 e. The van der Waals surface area contributed by atoms with Crippen LogP contribution in [0.1, 0.15) is 34.8 Å². The van der Waals surface area contributed by atoms with Gasteiger partial charge in [0.25, 0.3) is 0 Å². The topological polar surface area (TPSA) is 86.1 Å². The molecule has 0 unspecified atom stereocenters. The number of benzene rings is 1. The molecule has 24 heavy (non-hydrogen) atoms. The second-order valence-electron chi connectivity index (χ2n) is 6.27. The molecule has 2 aliphatic rings. The van der Waals surface area contributed by atoms with Gasteiger partial charge in [0.2, 0.25) is 10.0 Å². The van der Waals surface area contributed by atoms with E-state index in [2.05, 4.69) is 14.9 Å². The Balaban J connectivity index is 1.43. The van der Waals surface area contributed by atoms with Gasteiger partial charge in [-0.3, -0.25) is 0 Å². The van der Waals surface area contributed by atoms with Gasteiger partial charge in [0.1, 0.15) is 11.6 Å². The maximum absolute atomic E-state index is 12.4. The van der Waals surface area contributed by atoms with Crippen molar-refractivity contribution < 1.29 is 13.2 Å². The van der Waals surface area contributed by atoms with Crippen molar-refractivity contribution in [2.45, 2.75) is 44.7 Å². The average Bonchev–Trinajstić information content (AvgIpc) is 3.16. The Kier molecular flexibility index (Phi) is 4.11. The van der Waals surface area contributed by atoms with Crippen LogP contribution < -0.4 is 4.72 Å². The van der Waals surface area contributed by atoms with Crippen LogP contribution in [0, 0.1) is 0 Å². The standard InChI is InChI=1S/C16H20N4O3S/c21-24(22,17-9-16-19-18-15-2-1-6-20(15)16)11-12-3-4-13-5-7-23-10-14(13)8-12/h3-4,8,17H,1-2,5-7,9-11H2. The van der Waals surface area contributed by atoms with Crippen LogP contribution in [0.25, 0.3) is 0 Å². The molecule has 0 fully saturated rings. The molecule has 0 bridgehead atoms. The number of nitrogens with one attached hydrogen (secondary N) is 1. The van der Waals surface area contributed by atoms with E-state index in [0.717, 1.165) is 49.4 Å². The molecular formula is C16H20N4O3S. The summed E-state index contributed by atoms with van der Waals surface area (Å²) in [7, 11) is -3.43. The number of aromatic nitrogens is 3. The van der Waals surface area contributed by atoms with Crippen molar-refractivity contribution in [2.24, 2.45) is 0 Å². The first-order valence-electron chi connectivity index (χ1n) is 8.17. The van der Waals surface area contributed by atoms with Crippen molar-refractivity contribution in [2.75, 3.05) is 6.61 Å². The first kappa shape index (κ1) is 15.7. The van der Waals surface area contributed by atoms with Crippen LogP contribution in [0.4, 0.5) is 0 Å². The number of rotatable bonds is 5. The van der Waals surface area contributed by atoms with Crippen LogP contribution in [0.15, 0.2) is 18.2 Å². The smallest absolute Gasteiger partial charge is 0.216 e. The molecular weight excluding hydrogens is 328 g/mol. The summed E-state index contributed by atoms with van der Waals surface area (Å²) in [6.45, 7) is 2.34. The lowest BCUT2D eigenvalue weighted by Crippen LogP contribution is -2.26. The van der Waals surface area contributed by atoms with Gasteiger partial charge in [0, 0.05) is 13.0 Å². The third-order valence-corrected chi connectivity index (χ3v) is 5.83. The normalized spacial score (nSPS) is 16.8. The minimum Gasteiger partial charge on any atom is -0.376 e. The van der Waals surface area contributed by atoms with Gasteiger partial charge in [0.15, 0.2) is 0 Å². The Bertz CT molecular complexity index is 860. The zero-order valence-corrected chi connectivity index (χ0v) is 14.2. The molecule has 3 heterocycles. The van der Waals surface area contributed by atoms with Crippen LogP contribution >= 0.6 is 0 Å². The molecule has 0 spiro atoms. The lowest BCUT2D eigenvalue weighted by molar-refractivity contribution is 0.110. The fraction of sp³-hybridized carbons (Fsp3) is 0.500. The van der Waals surface area contributed by atoms with Gasteiger partial charge in [-0.2, -0.15) is 0 Å². The van der Waals surface area contributed by atoms with E-state index in [0.29, 0.717) is 12.4 Å². The summed E-state index contributed by atoms with van der Waals surface area (Å²) in [5, 5.41) is 8.17. The summed E-state index contributed by atoms with van der Waals surface area (Å²) in [6.07, 6.45) is 2.84. The van der Waals surface area contributed by atoms with Gasteiger partial charge in [0.05, 0.1) is 25.5 Å². The minimum absolute atomic E-state index is 0.0404. The maximum Gasteiger partial charge on any atom is 0.216 e. The molecule has 4 rings (SSSR count). The zero-order chi connectivity index (χ0) is 16.6. The molecule has 0 amide bonds. The van der Waals surface area contributed by atoms with Crippen LogP contribution in [0.5, 0.6) is 0 Å². The monoisotopic (exact) mass is 348 g/mol. The van der Waals surface area contributed by atoms with Gasteiger partial charge < -0.3 is 9.30 Å². The highest BCUT2D eigenvalue weighted by Gasteiger charge is 2.20. The summed E-state index contributed by atoms with van der Waals surface area (Å²) in [6, 6.07) is 5.83. The molecule has 8 heteroatoms. The van der Waals surface area contributed by atoms with Crippen LogP contribution in [-0.2, 0) is 53.1 Å². The molecule has 7 nitrogen and oxygen atoms in total. The summed E-state index contributed by atoms with van der Waals surface area (Å²) in [5.41, 5.74) is 3.11. The first-order valence-corrected chi connectivity index (χ1v) is 9.83. The predicted molar refractivity (Wildman–Crippen MR) is 87.6 cm³/mol. The molecule has 0 saturated heterocycles. The Morgan fingerprint density at radius 1 is 1.21 bits per heavy atom. The van der Waals surface area contributed by atoms with Crippen molar-refractivity contribution in [3.63, 3.8) is 0 Å². The van der Waals surface area contributed by atoms with E-state index in [1.54, 1.807) is 0 Å². The van der Waals surface area contributed by atoms with Crippen molar-refractivity contribution in [1.29, 1.82) is 0 Å². The second-order valence-corrected chi connectivity index (χ2v) is 8.08. The highest BCUT2D eigenvalue weighted by molar-refractivity contribution is 7.88. The second kappa shape index (κ2) is 6.27. The Labute approximate surface area is 141 Å². The molecule has 0 saturated carbocycles. The van der Waals surface area contributed by atoms with Crippen LogP contribution in [-0.4, -0.2) is 29.8 Å². The molecule has 1 N–H and O–H groups in total. The number of hydrogen-bond donors (Lipinski definition) is 1. The van der Waals surface area contributed by atoms with E-state index >= 15 is 0 Å². The third kappa shape index (κ3) is 3.22. The SMILES string of the molecule is O=S(=O)(Cc1ccc2c(c1)COCC2)NCc1nnc2n1CCC2. The Morgan fingerprint density at radius 3 is 3.04 bits per heavy atom. The number of nitrogens with zero attached hydrogens (tertiary/aromatic N) is 3. The van der Waals surface area contributed by atoms with E-state index in [1.165, 1.54) is 5.56 Å². The van der Waals surface area contributed by atoms with Crippen LogP contribution in [0.3, 0.4) is 0 Å². The highest BCUT2D eigenvalue weighted by atomic mass is 32.2. The highest BCUT2D eigenvalue weighted by Crippen LogP contribution is 2.19. The van der Waals surface area contributed by atoms with Gasteiger partial charge >= 0.3 is 0 Å². The van der Waals surface area contributed by atoms with Gasteiger partial charge in [-0.05, 0) is 29.5 Å². The number of sulfonamides is 1. The zero-order valence-electron chi connectivity index (χ0n) is 13.4. The van der Waals surface area contributed by atoms with E-state index < -0.39 is 10.0 Å². The summed E-state index contributed by atoms with van der Waals surface area (Å²) < 4.78 is 34.8. The van der Waals surface area contributed by atoms with Gasteiger partial charge in [-0.1, -0.05) is 18.2 Å². The van der Waals surface area contributed by atoms with Crippen molar-refractivity contribution in [3.05, 3.63) is 46.5 Å². The molecule has 0 radical (unpaired) electrons. The van der Waals surface area contributed by atoms with E-state index in [4.69, 9.17) is 4.74 Å². The fourth-order valence-corrected chi connectivity index (χ4v) is 4.37. The summed E-state index contributed by atoms with van der Waals surface area (Å²) in [5.74, 6) is 1.59. The Morgan fingerprint density at radius 2 is 2.12 bits per heavy atom. The average molecular weight is 348 g/mol. The number of hydrogen-bond acceptors (Lipinski definition) is 5. The van der Waals surface area contributed by atoms with Gasteiger partial charge in [-0.15, -0.1) is 10.2 Å². The minimum atomic E-state index is -3.43. The molecule has 128 valence electrons. The number of aryl methyl sites for hydroxylation is 1. The maximum atomic E-state index is 12.4. The summed E-state index contributed by atoms with van der Waals surface area (Å²) in [4.78, 5) is 0. The lowest BCUT2D eigenvalue weighted by atomic mass is 10.0.